The second-order valence-electron chi connectivity index (χ2n) is 4.83. The molecule has 2 aromatic carbocycles. The van der Waals surface area contributed by atoms with Crippen LogP contribution in [0.3, 0.4) is 0 Å². The summed E-state index contributed by atoms with van der Waals surface area (Å²) in [5.41, 5.74) is 0.912. The zero-order valence-electron chi connectivity index (χ0n) is 12.4. The van der Waals surface area contributed by atoms with Crippen LogP contribution >= 0.6 is 27.5 Å². The topological polar surface area (TPSA) is 72.5 Å². The number of esters is 1. The van der Waals surface area contributed by atoms with Crippen molar-refractivity contribution < 1.29 is 19.1 Å². The Hall–Kier alpha value is -2.18. The molecule has 0 saturated heterocycles. The van der Waals surface area contributed by atoms with E-state index < -0.39 is 24.4 Å². The SMILES string of the molecule is O=C(COC(=O)c1cc(Br)ccc1Cl)NC(=O)Cc1ccccc1. The molecule has 0 aliphatic rings. The van der Waals surface area contributed by atoms with Gasteiger partial charge >= 0.3 is 5.97 Å². The third kappa shape index (κ3) is 5.47. The van der Waals surface area contributed by atoms with Crippen LogP contribution in [0, 0.1) is 0 Å². The molecule has 2 aromatic rings. The van der Waals surface area contributed by atoms with Gasteiger partial charge in [-0.25, -0.2) is 4.79 Å². The summed E-state index contributed by atoms with van der Waals surface area (Å²) in [4.78, 5) is 35.3. The summed E-state index contributed by atoms with van der Waals surface area (Å²) in [6, 6.07) is 13.7. The fraction of sp³-hybridized carbons (Fsp3) is 0.118. The first-order valence-electron chi connectivity index (χ1n) is 6.94. The first kappa shape index (κ1) is 18.2. The second-order valence-corrected chi connectivity index (χ2v) is 6.16. The van der Waals surface area contributed by atoms with Crippen LogP contribution in [0.5, 0.6) is 0 Å². The third-order valence-corrected chi connectivity index (χ3v) is 3.79. The highest BCUT2D eigenvalue weighted by Gasteiger charge is 2.15. The van der Waals surface area contributed by atoms with Gasteiger partial charge in [0.15, 0.2) is 6.61 Å². The number of rotatable bonds is 5. The van der Waals surface area contributed by atoms with E-state index in [9.17, 15) is 14.4 Å². The Morgan fingerprint density at radius 1 is 1.04 bits per heavy atom. The Bertz CT molecular complexity index is 764. The van der Waals surface area contributed by atoms with Crippen molar-refractivity contribution in [1.29, 1.82) is 0 Å². The number of hydrogen-bond acceptors (Lipinski definition) is 4. The van der Waals surface area contributed by atoms with E-state index in [1.54, 1.807) is 30.3 Å². The van der Waals surface area contributed by atoms with E-state index in [0.717, 1.165) is 5.56 Å². The Balaban J connectivity index is 1.83. The normalized spacial score (nSPS) is 10.1. The number of carbonyl (C=O) groups is 3. The molecule has 0 fully saturated rings. The third-order valence-electron chi connectivity index (χ3n) is 2.97. The number of nitrogens with one attached hydrogen (secondary N) is 1. The molecule has 0 bridgehead atoms. The maximum absolute atomic E-state index is 11.9. The molecule has 2 rings (SSSR count). The summed E-state index contributed by atoms with van der Waals surface area (Å²) in [5.74, 6) is -1.91. The van der Waals surface area contributed by atoms with Crippen LogP contribution in [0.1, 0.15) is 15.9 Å². The number of imide groups is 1. The molecule has 7 heteroatoms. The van der Waals surface area contributed by atoms with E-state index in [1.165, 1.54) is 12.1 Å². The average Bonchev–Trinajstić information content (AvgIpc) is 2.55. The molecule has 2 amide bonds. The van der Waals surface area contributed by atoms with Gasteiger partial charge in [-0.1, -0.05) is 57.9 Å². The predicted molar refractivity (Wildman–Crippen MR) is 92.7 cm³/mol. The summed E-state index contributed by atoms with van der Waals surface area (Å²) in [6.45, 7) is -0.567. The molecule has 0 saturated carbocycles. The lowest BCUT2D eigenvalue weighted by molar-refractivity contribution is -0.132. The van der Waals surface area contributed by atoms with Crippen LogP contribution in [0.15, 0.2) is 53.0 Å². The number of amides is 2. The molecular formula is C17H13BrClNO4. The van der Waals surface area contributed by atoms with Crippen molar-refractivity contribution >= 4 is 45.3 Å². The standard InChI is InChI=1S/C17H13BrClNO4/c18-12-6-7-14(19)13(9-12)17(23)24-10-16(22)20-15(21)8-11-4-2-1-3-5-11/h1-7,9H,8,10H2,(H,20,21,22). The smallest absolute Gasteiger partial charge is 0.340 e. The number of ether oxygens (including phenoxy) is 1. The lowest BCUT2D eigenvalue weighted by Gasteiger charge is -2.07. The minimum atomic E-state index is -0.744. The van der Waals surface area contributed by atoms with E-state index in [2.05, 4.69) is 21.2 Å². The first-order valence-corrected chi connectivity index (χ1v) is 8.11. The maximum atomic E-state index is 11.9. The molecular weight excluding hydrogens is 398 g/mol. The van der Waals surface area contributed by atoms with E-state index in [1.807, 2.05) is 6.07 Å². The van der Waals surface area contributed by atoms with Crippen LogP contribution in [-0.2, 0) is 20.7 Å². The van der Waals surface area contributed by atoms with Crippen LogP contribution < -0.4 is 5.32 Å². The van der Waals surface area contributed by atoms with Gasteiger partial charge in [0, 0.05) is 4.47 Å². The highest BCUT2D eigenvalue weighted by Crippen LogP contribution is 2.21. The monoisotopic (exact) mass is 409 g/mol. The van der Waals surface area contributed by atoms with E-state index in [0.29, 0.717) is 4.47 Å². The lowest BCUT2D eigenvalue weighted by Crippen LogP contribution is -2.35. The summed E-state index contributed by atoms with van der Waals surface area (Å²) in [6.07, 6.45) is 0.0674. The van der Waals surface area contributed by atoms with E-state index >= 15 is 0 Å². The molecule has 0 aliphatic heterocycles. The zero-order valence-corrected chi connectivity index (χ0v) is 14.8. The zero-order chi connectivity index (χ0) is 17.5. The van der Waals surface area contributed by atoms with Gasteiger partial charge in [-0.2, -0.15) is 0 Å². The minimum Gasteiger partial charge on any atom is -0.452 e. The molecule has 124 valence electrons. The van der Waals surface area contributed by atoms with Crippen molar-refractivity contribution in [1.82, 2.24) is 5.32 Å². The number of halogens is 2. The van der Waals surface area contributed by atoms with Crippen molar-refractivity contribution in [3.63, 3.8) is 0 Å². The minimum absolute atomic E-state index is 0.0674. The Morgan fingerprint density at radius 3 is 2.46 bits per heavy atom. The molecule has 5 nitrogen and oxygen atoms in total. The van der Waals surface area contributed by atoms with Gasteiger partial charge in [0.2, 0.25) is 5.91 Å². The summed E-state index contributed by atoms with van der Waals surface area (Å²) in [5, 5.41) is 2.38. The number of carbonyl (C=O) groups excluding carboxylic acids is 3. The van der Waals surface area contributed by atoms with Crippen molar-refractivity contribution in [2.45, 2.75) is 6.42 Å². The fourth-order valence-corrected chi connectivity index (χ4v) is 2.44. The first-order chi connectivity index (χ1) is 11.5. The van der Waals surface area contributed by atoms with Crippen molar-refractivity contribution in [3.05, 3.63) is 69.2 Å². The Labute approximate surface area is 152 Å². The number of benzene rings is 2. The quantitative estimate of drug-likeness (QED) is 0.769. The molecule has 24 heavy (non-hydrogen) atoms. The summed E-state index contributed by atoms with van der Waals surface area (Å²) < 4.78 is 5.52. The second kappa shape index (κ2) is 8.61. The highest BCUT2D eigenvalue weighted by molar-refractivity contribution is 9.10. The molecule has 0 aromatic heterocycles. The van der Waals surface area contributed by atoms with Crippen molar-refractivity contribution in [3.8, 4) is 0 Å². The van der Waals surface area contributed by atoms with Crippen LogP contribution in [0.4, 0.5) is 0 Å². The number of hydrogen-bond donors (Lipinski definition) is 1. The van der Waals surface area contributed by atoms with Gasteiger partial charge in [-0.3, -0.25) is 14.9 Å². The van der Waals surface area contributed by atoms with E-state index in [-0.39, 0.29) is 17.0 Å². The average molecular weight is 411 g/mol. The Kier molecular flexibility index (Phi) is 6.52. The van der Waals surface area contributed by atoms with Crippen molar-refractivity contribution in [2.75, 3.05) is 6.61 Å². The predicted octanol–water partition coefficient (Wildman–Crippen LogP) is 3.14. The van der Waals surface area contributed by atoms with Crippen molar-refractivity contribution in [2.24, 2.45) is 0 Å². The molecule has 0 radical (unpaired) electrons. The van der Waals surface area contributed by atoms with Gasteiger partial charge in [0.05, 0.1) is 17.0 Å². The van der Waals surface area contributed by atoms with Gasteiger partial charge in [-0.15, -0.1) is 0 Å². The summed E-state index contributed by atoms with van der Waals surface area (Å²) >= 11 is 9.12. The van der Waals surface area contributed by atoms with E-state index in [4.69, 9.17) is 16.3 Å². The molecule has 0 aliphatic carbocycles. The molecule has 0 unspecified atom stereocenters. The Morgan fingerprint density at radius 2 is 1.75 bits per heavy atom. The lowest BCUT2D eigenvalue weighted by atomic mass is 10.1. The maximum Gasteiger partial charge on any atom is 0.340 e. The van der Waals surface area contributed by atoms with Gasteiger partial charge in [-0.05, 0) is 23.8 Å². The molecule has 0 atom stereocenters. The molecule has 0 spiro atoms. The summed E-state index contributed by atoms with van der Waals surface area (Å²) in [7, 11) is 0. The highest BCUT2D eigenvalue weighted by atomic mass is 79.9. The van der Waals surface area contributed by atoms with Gasteiger partial charge < -0.3 is 4.74 Å². The van der Waals surface area contributed by atoms with Crippen LogP contribution in [0.2, 0.25) is 5.02 Å². The van der Waals surface area contributed by atoms with Gasteiger partial charge in [0.1, 0.15) is 0 Å². The fourth-order valence-electron chi connectivity index (χ4n) is 1.88. The van der Waals surface area contributed by atoms with Crippen LogP contribution in [0.25, 0.3) is 0 Å². The molecule has 0 heterocycles. The van der Waals surface area contributed by atoms with Crippen LogP contribution in [-0.4, -0.2) is 24.4 Å². The molecule has 1 N–H and O–H groups in total. The largest absolute Gasteiger partial charge is 0.452 e. The van der Waals surface area contributed by atoms with Gasteiger partial charge in [0.25, 0.3) is 5.91 Å².